The second-order valence-corrected chi connectivity index (χ2v) is 3.42. The van der Waals surface area contributed by atoms with Gasteiger partial charge in [-0.25, -0.2) is 9.78 Å². The molecule has 0 amide bonds. The summed E-state index contributed by atoms with van der Waals surface area (Å²) in [6.07, 6.45) is 1.12. The first-order chi connectivity index (χ1) is 6.45. The van der Waals surface area contributed by atoms with Crippen LogP contribution in [0.15, 0.2) is 18.3 Å². The average molecular weight is 266 g/mol. The lowest BCUT2D eigenvalue weighted by molar-refractivity contribution is 0.0593. The predicted molar refractivity (Wildman–Crippen MR) is 48.4 cm³/mol. The van der Waals surface area contributed by atoms with Gasteiger partial charge in [0.2, 0.25) is 0 Å². The Bertz CT molecular complexity index is 351. The molecule has 0 unspecified atom stereocenters. The van der Waals surface area contributed by atoms with Crippen LogP contribution < -0.4 is 0 Å². The highest BCUT2D eigenvalue weighted by molar-refractivity contribution is 9.09. The number of carbonyl (C=O) groups is 1. The Kier molecular flexibility index (Phi) is 3.15. The maximum Gasteiger partial charge on any atom is 0.356 e. The second-order valence-electron chi connectivity index (χ2n) is 2.42. The van der Waals surface area contributed by atoms with Gasteiger partial charge in [0, 0.05) is 11.8 Å². The molecule has 76 valence electrons. The van der Waals surface area contributed by atoms with E-state index in [4.69, 9.17) is 0 Å². The third-order valence-corrected chi connectivity index (χ3v) is 1.94. The van der Waals surface area contributed by atoms with Gasteiger partial charge in [0.05, 0.1) is 7.11 Å². The predicted octanol–water partition coefficient (Wildman–Crippen LogP) is 2.31. The van der Waals surface area contributed by atoms with Gasteiger partial charge in [0.1, 0.15) is 5.69 Å². The van der Waals surface area contributed by atoms with Gasteiger partial charge in [-0.2, -0.15) is 8.78 Å². The number of pyridine rings is 1. The number of hydrogen-bond donors (Lipinski definition) is 0. The first-order valence-corrected chi connectivity index (χ1v) is 4.36. The molecule has 0 aliphatic rings. The molecule has 1 rings (SSSR count). The van der Waals surface area contributed by atoms with Crippen molar-refractivity contribution >= 4 is 21.9 Å². The zero-order valence-corrected chi connectivity index (χ0v) is 8.72. The second kappa shape index (κ2) is 4.00. The van der Waals surface area contributed by atoms with Gasteiger partial charge in [-0.3, -0.25) is 0 Å². The van der Waals surface area contributed by atoms with Crippen molar-refractivity contribution in [3.05, 3.63) is 29.6 Å². The van der Waals surface area contributed by atoms with Crippen LogP contribution in [-0.4, -0.2) is 18.1 Å². The minimum atomic E-state index is -3.17. The van der Waals surface area contributed by atoms with E-state index in [1.165, 1.54) is 0 Å². The van der Waals surface area contributed by atoms with Gasteiger partial charge in [-0.15, -0.1) is 0 Å². The molecule has 1 heterocycles. The molecule has 0 N–H and O–H groups in total. The molecule has 0 spiro atoms. The lowest BCUT2D eigenvalue weighted by Gasteiger charge is -2.08. The van der Waals surface area contributed by atoms with Gasteiger partial charge in [0.15, 0.2) is 0 Å². The molecule has 0 bridgehead atoms. The summed E-state index contributed by atoms with van der Waals surface area (Å²) in [5.41, 5.74) is -0.489. The summed E-state index contributed by atoms with van der Waals surface area (Å²) in [4.78, 5) is 11.4. The van der Waals surface area contributed by atoms with Crippen LogP contribution in [0.1, 0.15) is 16.1 Å². The number of carbonyl (C=O) groups excluding carboxylic acids is 1. The van der Waals surface area contributed by atoms with Crippen molar-refractivity contribution in [3.63, 3.8) is 0 Å². The number of rotatable bonds is 2. The van der Waals surface area contributed by atoms with Gasteiger partial charge < -0.3 is 4.74 Å². The number of aromatic nitrogens is 1. The first-order valence-electron chi connectivity index (χ1n) is 3.56. The van der Waals surface area contributed by atoms with E-state index in [1.54, 1.807) is 0 Å². The SMILES string of the molecule is COC(=O)c1cc(C(F)(F)Br)ccn1. The minimum absolute atomic E-state index is 0.149. The maximum atomic E-state index is 12.7. The lowest BCUT2D eigenvalue weighted by atomic mass is 10.2. The number of methoxy groups -OCH3 is 1. The average Bonchev–Trinajstić information content (AvgIpc) is 2.15. The Morgan fingerprint density at radius 3 is 2.79 bits per heavy atom. The fourth-order valence-electron chi connectivity index (χ4n) is 0.823. The highest BCUT2D eigenvalue weighted by Gasteiger charge is 2.28. The van der Waals surface area contributed by atoms with E-state index >= 15 is 0 Å². The normalized spacial score (nSPS) is 11.1. The van der Waals surface area contributed by atoms with E-state index in [-0.39, 0.29) is 11.3 Å². The summed E-state index contributed by atoms with van der Waals surface area (Å²) in [7, 11) is 1.16. The molecule has 0 radical (unpaired) electrons. The van der Waals surface area contributed by atoms with Crippen molar-refractivity contribution < 1.29 is 18.3 Å². The van der Waals surface area contributed by atoms with Crippen LogP contribution in [0, 0.1) is 0 Å². The highest BCUT2D eigenvalue weighted by Crippen LogP contribution is 2.34. The molecule has 0 atom stereocenters. The molecular formula is C8H6BrF2NO2. The Morgan fingerprint density at radius 1 is 1.64 bits per heavy atom. The fraction of sp³-hybridized carbons (Fsp3) is 0.250. The Morgan fingerprint density at radius 2 is 2.29 bits per heavy atom. The smallest absolute Gasteiger partial charge is 0.356 e. The van der Waals surface area contributed by atoms with Crippen molar-refractivity contribution in [2.45, 2.75) is 4.83 Å². The lowest BCUT2D eigenvalue weighted by Crippen LogP contribution is -2.08. The first kappa shape index (κ1) is 11.0. The molecule has 0 aliphatic heterocycles. The van der Waals surface area contributed by atoms with E-state index in [2.05, 4.69) is 25.7 Å². The molecule has 0 aliphatic carbocycles. The molecule has 1 aromatic heterocycles. The van der Waals surface area contributed by atoms with Crippen molar-refractivity contribution in [2.75, 3.05) is 7.11 Å². The highest BCUT2D eigenvalue weighted by atomic mass is 79.9. The van der Waals surface area contributed by atoms with Crippen LogP contribution in [0.25, 0.3) is 0 Å². The van der Waals surface area contributed by atoms with Gasteiger partial charge in [-0.1, -0.05) is 0 Å². The van der Waals surface area contributed by atoms with Crippen molar-refractivity contribution in [1.82, 2.24) is 4.98 Å². The van der Waals surface area contributed by atoms with Gasteiger partial charge in [-0.05, 0) is 28.1 Å². The molecule has 14 heavy (non-hydrogen) atoms. The maximum absolute atomic E-state index is 12.7. The zero-order valence-electron chi connectivity index (χ0n) is 7.13. The molecular weight excluding hydrogens is 260 g/mol. The summed E-state index contributed by atoms with van der Waals surface area (Å²) in [5.74, 6) is -0.747. The number of halogens is 3. The number of hydrogen-bond acceptors (Lipinski definition) is 3. The third kappa shape index (κ3) is 2.47. The number of nitrogens with zero attached hydrogens (tertiary/aromatic N) is 1. The van der Waals surface area contributed by atoms with Crippen LogP contribution in [0.3, 0.4) is 0 Å². The van der Waals surface area contributed by atoms with Crippen molar-refractivity contribution in [1.29, 1.82) is 0 Å². The molecule has 0 fully saturated rings. The summed E-state index contributed by atoms with van der Waals surface area (Å²) >= 11 is 2.18. The number of esters is 1. The summed E-state index contributed by atoms with van der Waals surface area (Å²) in [6, 6.07) is 2.09. The van der Waals surface area contributed by atoms with Crippen LogP contribution >= 0.6 is 15.9 Å². The minimum Gasteiger partial charge on any atom is -0.464 e. The molecule has 1 aromatic rings. The fourth-order valence-corrected chi connectivity index (χ4v) is 1.07. The van der Waals surface area contributed by atoms with Gasteiger partial charge in [0.25, 0.3) is 0 Å². The quantitative estimate of drug-likeness (QED) is 0.609. The van der Waals surface area contributed by atoms with E-state index in [0.29, 0.717) is 0 Å². The van der Waals surface area contributed by atoms with Crippen molar-refractivity contribution in [3.8, 4) is 0 Å². The van der Waals surface area contributed by atoms with E-state index in [9.17, 15) is 13.6 Å². The third-order valence-electron chi connectivity index (χ3n) is 1.48. The van der Waals surface area contributed by atoms with E-state index < -0.39 is 10.8 Å². The van der Waals surface area contributed by atoms with Crippen LogP contribution in [0.5, 0.6) is 0 Å². The molecule has 0 saturated heterocycles. The monoisotopic (exact) mass is 265 g/mol. The van der Waals surface area contributed by atoms with E-state index in [0.717, 1.165) is 25.4 Å². The topological polar surface area (TPSA) is 39.2 Å². The Labute approximate surface area is 87.2 Å². The van der Waals surface area contributed by atoms with Crippen LogP contribution in [0.4, 0.5) is 8.78 Å². The molecule has 3 nitrogen and oxygen atoms in total. The zero-order chi connectivity index (χ0) is 10.8. The van der Waals surface area contributed by atoms with Crippen LogP contribution in [-0.2, 0) is 9.57 Å². The summed E-state index contributed by atoms with van der Waals surface area (Å²) in [6.45, 7) is 0. The van der Waals surface area contributed by atoms with E-state index in [1.807, 2.05) is 0 Å². The van der Waals surface area contributed by atoms with Gasteiger partial charge >= 0.3 is 10.8 Å². The number of alkyl halides is 3. The molecule has 6 heteroatoms. The Hall–Kier alpha value is -1.04. The standard InChI is InChI=1S/C8H6BrF2NO2/c1-14-7(13)6-4-5(2-3-12-6)8(9,10)11/h2-4H,1H3. The molecule has 0 saturated carbocycles. The van der Waals surface area contributed by atoms with Crippen molar-refractivity contribution in [2.24, 2.45) is 0 Å². The largest absolute Gasteiger partial charge is 0.464 e. The summed E-state index contributed by atoms with van der Waals surface area (Å²) < 4.78 is 29.8. The Balaban J connectivity index is 3.08. The number of ether oxygens (including phenoxy) is 1. The molecule has 0 aromatic carbocycles. The summed E-state index contributed by atoms with van der Waals surface area (Å²) in [5, 5.41) is 0. The van der Waals surface area contributed by atoms with Crippen LogP contribution in [0.2, 0.25) is 0 Å².